The normalized spacial score (nSPS) is 13.3. The van der Waals surface area contributed by atoms with E-state index in [0.29, 0.717) is 27.8 Å². The van der Waals surface area contributed by atoms with Crippen molar-refractivity contribution >= 4 is 40.9 Å². The second-order valence-corrected chi connectivity index (χ2v) is 6.99. The molecular weight excluding hydrogens is 348 g/mol. The number of esters is 1. The maximum absolute atomic E-state index is 12.3. The molecule has 124 valence electrons. The Hall–Kier alpha value is -2.19. The highest BCUT2D eigenvalue weighted by molar-refractivity contribution is 8.00. The Bertz CT molecular complexity index is 768. The molecule has 0 saturated carbocycles. The molecule has 1 aliphatic heterocycles. The van der Waals surface area contributed by atoms with Crippen LogP contribution in [-0.4, -0.2) is 40.2 Å². The van der Waals surface area contributed by atoms with Crippen LogP contribution in [0.2, 0.25) is 0 Å². The first kappa shape index (κ1) is 16.7. The summed E-state index contributed by atoms with van der Waals surface area (Å²) >= 11 is 2.67. The predicted molar refractivity (Wildman–Crippen MR) is 90.1 cm³/mol. The fourth-order valence-corrected chi connectivity index (χ4v) is 4.05. The average Bonchev–Trinajstić information content (AvgIpc) is 3.10. The lowest BCUT2D eigenvalue weighted by molar-refractivity contribution is -0.142. The van der Waals surface area contributed by atoms with Crippen LogP contribution in [0.1, 0.15) is 33.3 Å². The number of imide groups is 1. The first-order valence-electron chi connectivity index (χ1n) is 7.28. The lowest BCUT2D eigenvalue weighted by Gasteiger charge is -2.11. The van der Waals surface area contributed by atoms with Gasteiger partial charge in [0.15, 0.2) is 4.34 Å². The molecule has 0 unspecified atom stereocenters. The number of amides is 2. The summed E-state index contributed by atoms with van der Waals surface area (Å²) in [6.45, 7) is 2.09. The standard InChI is InChI=1S/C16H14N2O4S2/c1-2-22-13(19)7-10-8-23-16(17-10)24-9-18-14(20)11-5-3-4-6-12(11)15(18)21/h3-6,8H,2,7,9H2,1H3. The molecular formula is C16H14N2O4S2. The Morgan fingerprint density at radius 2 is 1.92 bits per heavy atom. The quantitative estimate of drug-likeness (QED) is 0.447. The van der Waals surface area contributed by atoms with Gasteiger partial charge in [0.25, 0.3) is 11.8 Å². The van der Waals surface area contributed by atoms with Crippen LogP contribution in [0.25, 0.3) is 0 Å². The van der Waals surface area contributed by atoms with Gasteiger partial charge in [-0.15, -0.1) is 11.3 Å². The van der Waals surface area contributed by atoms with E-state index in [0.717, 1.165) is 0 Å². The van der Waals surface area contributed by atoms with Gasteiger partial charge in [0.1, 0.15) is 0 Å². The Labute approximate surface area is 146 Å². The third-order valence-electron chi connectivity index (χ3n) is 3.36. The molecule has 3 rings (SSSR count). The first-order chi connectivity index (χ1) is 11.6. The number of thioether (sulfide) groups is 1. The van der Waals surface area contributed by atoms with Crippen LogP contribution in [0.5, 0.6) is 0 Å². The third-order valence-corrected chi connectivity index (χ3v) is 5.41. The molecule has 0 bridgehead atoms. The number of ether oxygens (including phenoxy) is 1. The summed E-state index contributed by atoms with van der Waals surface area (Å²) < 4.78 is 5.58. The lowest BCUT2D eigenvalue weighted by Crippen LogP contribution is -2.29. The third kappa shape index (κ3) is 3.34. The van der Waals surface area contributed by atoms with Crippen LogP contribution in [-0.2, 0) is 16.0 Å². The summed E-state index contributed by atoms with van der Waals surface area (Å²) in [6, 6.07) is 6.79. The molecule has 1 aliphatic rings. The van der Waals surface area contributed by atoms with Crippen molar-refractivity contribution in [3.63, 3.8) is 0 Å². The van der Waals surface area contributed by atoms with E-state index >= 15 is 0 Å². The number of rotatable bonds is 6. The van der Waals surface area contributed by atoms with Gasteiger partial charge >= 0.3 is 5.97 Å². The summed E-state index contributed by atoms with van der Waals surface area (Å²) in [7, 11) is 0. The zero-order chi connectivity index (χ0) is 17.1. The Morgan fingerprint density at radius 1 is 1.25 bits per heavy atom. The molecule has 6 nitrogen and oxygen atoms in total. The Morgan fingerprint density at radius 3 is 2.54 bits per heavy atom. The van der Waals surface area contributed by atoms with E-state index in [-0.39, 0.29) is 30.1 Å². The van der Waals surface area contributed by atoms with Crippen LogP contribution in [0.3, 0.4) is 0 Å². The second-order valence-electron chi connectivity index (χ2n) is 4.94. The fourth-order valence-electron chi connectivity index (χ4n) is 2.27. The molecule has 0 N–H and O–H groups in total. The summed E-state index contributed by atoms with van der Waals surface area (Å²) in [4.78, 5) is 41.5. The molecule has 1 aromatic carbocycles. The number of thiazole rings is 1. The number of carbonyl (C=O) groups is 3. The molecule has 0 radical (unpaired) electrons. The molecule has 0 aliphatic carbocycles. The van der Waals surface area contributed by atoms with Crippen molar-refractivity contribution in [2.45, 2.75) is 17.7 Å². The maximum Gasteiger partial charge on any atom is 0.311 e. The number of hydrogen-bond acceptors (Lipinski definition) is 7. The number of hydrogen-bond donors (Lipinski definition) is 0. The predicted octanol–water partition coefficient (Wildman–Crippen LogP) is 2.59. The number of nitrogens with zero attached hydrogens (tertiary/aromatic N) is 2. The first-order valence-corrected chi connectivity index (χ1v) is 9.14. The van der Waals surface area contributed by atoms with Crippen LogP contribution >= 0.6 is 23.1 Å². The number of aromatic nitrogens is 1. The Kier molecular flexibility index (Phi) is 4.96. The van der Waals surface area contributed by atoms with E-state index in [1.54, 1.807) is 36.6 Å². The molecule has 0 fully saturated rings. The molecule has 24 heavy (non-hydrogen) atoms. The van der Waals surface area contributed by atoms with Gasteiger partial charge in [-0.25, -0.2) is 4.98 Å². The van der Waals surface area contributed by atoms with Crippen molar-refractivity contribution in [3.8, 4) is 0 Å². The highest BCUT2D eigenvalue weighted by atomic mass is 32.2. The highest BCUT2D eigenvalue weighted by Gasteiger charge is 2.35. The molecule has 0 spiro atoms. The number of benzene rings is 1. The summed E-state index contributed by atoms with van der Waals surface area (Å²) in [5, 5.41) is 1.78. The molecule has 2 amide bonds. The smallest absolute Gasteiger partial charge is 0.311 e. The van der Waals surface area contributed by atoms with Crippen molar-refractivity contribution in [1.29, 1.82) is 0 Å². The van der Waals surface area contributed by atoms with E-state index < -0.39 is 0 Å². The SMILES string of the molecule is CCOC(=O)Cc1csc(SCN2C(=O)c3ccccc3C2=O)n1. The van der Waals surface area contributed by atoms with Gasteiger partial charge < -0.3 is 4.74 Å². The molecule has 2 heterocycles. The molecule has 0 atom stereocenters. The van der Waals surface area contributed by atoms with E-state index in [4.69, 9.17) is 4.74 Å². The van der Waals surface area contributed by atoms with Crippen molar-refractivity contribution in [1.82, 2.24) is 9.88 Å². The molecule has 8 heteroatoms. The molecule has 2 aromatic rings. The zero-order valence-electron chi connectivity index (χ0n) is 12.9. The fraction of sp³-hybridized carbons (Fsp3) is 0.250. The molecule has 0 saturated heterocycles. The maximum atomic E-state index is 12.3. The molecule has 1 aromatic heterocycles. The van der Waals surface area contributed by atoms with E-state index in [1.165, 1.54) is 28.0 Å². The van der Waals surface area contributed by atoms with Gasteiger partial charge in [0.2, 0.25) is 0 Å². The van der Waals surface area contributed by atoms with Gasteiger partial charge in [0.05, 0.1) is 35.7 Å². The van der Waals surface area contributed by atoms with Gasteiger partial charge in [-0.1, -0.05) is 23.9 Å². The summed E-state index contributed by atoms with van der Waals surface area (Å²) in [6.07, 6.45) is 0.123. The van der Waals surface area contributed by atoms with Crippen molar-refractivity contribution in [3.05, 3.63) is 46.5 Å². The van der Waals surface area contributed by atoms with Crippen LogP contribution in [0.4, 0.5) is 0 Å². The van der Waals surface area contributed by atoms with Crippen LogP contribution in [0.15, 0.2) is 34.0 Å². The largest absolute Gasteiger partial charge is 0.466 e. The second kappa shape index (κ2) is 7.14. The van der Waals surface area contributed by atoms with Gasteiger partial charge in [0, 0.05) is 5.38 Å². The summed E-state index contributed by atoms with van der Waals surface area (Å²) in [5.41, 5.74) is 1.50. The van der Waals surface area contributed by atoms with Crippen LogP contribution < -0.4 is 0 Å². The van der Waals surface area contributed by atoms with E-state index in [2.05, 4.69) is 4.98 Å². The average molecular weight is 362 g/mol. The monoisotopic (exact) mass is 362 g/mol. The van der Waals surface area contributed by atoms with Crippen molar-refractivity contribution in [2.75, 3.05) is 12.5 Å². The zero-order valence-corrected chi connectivity index (χ0v) is 14.5. The van der Waals surface area contributed by atoms with E-state index in [9.17, 15) is 14.4 Å². The van der Waals surface area contributed by atoms with Crippen molar-refractivity contribution < 1.29 is 19.1 Å². The minimum Gasteiger partial charge on any atom is -0.466 e. The highest BCUT2D eigenvalue weighted by Crippen LogP contribution is 2.28. The lowest BCUT2D eigenvalue weighted by atomic mass is 10.1. The van der Waals surface area contributed by atoms with Crippen molar-refractivity contribution in [2.24, 2.45) is 0 Å². The van der Waals surface area contributed by atoms with Gasteiger partial charge in [-0.2, -0.15) is 0 Å². The van der Waals surface area contributed by atoms with Crippen LogP contribution in [0, 0.1) is 0 Å². The topological polar surface area (TPSA) is 76.6 Å². The number of fused-ring (bicyclic) bond motifs is 1. The minimum atomic E-state index is -0.320. The van der Waals surface area contributed by atoms with Gasteiger partial charge in [-0.3, -0.25) is 19.3 Å². The van der Waals surface area contributed by atoms with Gasteiger partial charge in [-0.05, 0) is 19.1 Å². The summed E-state index contributed by atoms with van der Waals surface area (Å²) in [5.74, 6) is -0.698. The van der Waals surface area contributed by atoms with E-state index in [1.807, 2.05) is 0 Å². The minimum absolute atomic E-state index is 0.123. The number of carbonyl (C=O) groups excluding carboxylic acids is 3. The Balaban J connectivity index is 1.61.